The van der Waals surface area contributed by atoms with E-state index >= 15 is 0 Å². The summed E-state index contributed by atoms with van der Waals surface area (Å²) in [7, 11) is 0. The minimum Gasteiger partial charge on any atom is -0.381 e. The summed E-state index contributed by atoms with van der Waals surface area (Å²) in [6.07, 6.45) is -11.1. The molecule has 1 atom stereocenters. The number of alkyl halides is 8. The van der Waals surface area contributed by atoms with E-state index in [1.807, 2.05) is 0 Å². The second-order valence-corrected chi connectivity index (χ2v) is 8.26. The third kappa shape index (κ3) is 5.69. The highest BCUT2D eigenvalue weighted by molar-refractivity contribution is 5.86. The monoisotopic (exact) mass is 573 g/mol. The first kappa shape index (κ1) is 29.5. The van der Waals surface area contributed by atoms with Gasteiger partial charge in [0.2, 0.25) is 11.5 Å². The molecule has 212 valence electrons. The lowest BCUT2D eigenvalue weighted by atomic mass is 9.89. The van der Waals surface area contributed by atoms with E-state index in [9.17, 15) is 54.3 Å². The van der Waals surface area contributed by atoms with Crippen LogP contribution in [0.25, 0.3) is 16.9 Å². The molecular weight excluding hydrogens is 557 g/mol. The van der Waals surface area contributed by atoms with Crippen molar-refractivity contribution >= 4 is 23.3 Å². The van der Waals surface area contributed by atoms with Crippen molar-refractivity contribution in [3.63, 3.8) is 0 Å². The number of nitrogen functional groups attached to an aromatic ring is 1. The summed E-state index contributed by atoms with van der Waals surface area (Å²) in [5.41, 5.74) is -1.11. The molecule has 0 aliphatic carbocycles. The van der Waals surface area contributed by atoms with Crippen molar-refractivity contribution in [3.05, 3.63) is 47.4 Å². The van der Waals surface area contributed by atoms with Crippen molar-refractivity contribution in [2.75, 3.05) is 12.3 Å². The first-order chi connectivity index (χ1) is 17.8. The van der Waals surface area contributed by atoms with Gasteiger partial charge in [0.15, 0.2) is 17.2 Å². The third-order valence-corrected chi connectivity index (χ3v) is 5.56. The lowest BCUT2D eigenvalue weighted by molar-refractivity contribution is -0.264. The van der Waals surface area contributed by atoms with Crippen LogP contribution >= 0.6 is 0 Å². The van der Waals surface area contributed by atoms with Gasteiger partial charge in [-0.25, -0.2) is 19.7 Å². The van der Waals surface area contributed by atoms with Crippen molar-refractivity contribution in [3.8, 4) is 11.3 Å². The fraction of sp³-hybridized carbons (Fsp3) is 0.333. The first-order valence-electron chi connectivity index (χ1n) is 10.4. The number of amides is 1. The minimum absolute atomic E-state index is 0.148. The average Bonchev–Trinajstić information content (AvgIpc) is 3.25. The zero-order valence-corrected chi connectivity index (χ0v) is 19.3. The van der Waals surface area contributed by atoms with Gasteiger partial charge >= 0.3 is 24.2 Å². The largest absolute Gasteiger partial charge is 0.434 e. The molecule has 39 heavy (non-hydrogen) atoms. The number of nitrogens with one attached hydrogen (secondary N) is 1. The van der Waals surface area contributed by atoms with E-state index in [0.717, 1.165) is 28.8 Å². The molecule has 18 heteroatoms. The van der Waals surface area contributed by atoms with Crippen molar-refractivity contribution < 1.29 is 59.3 Å². The van der Waals surface area contributed by atoms with Crippen LogP contribution in [0.2, 0.25) is 0 Å². The highest BCUT2D eigenvalue weighted by atomic mass is 19.4. The molecule has 3 rings (SSSR count). The Morgan fingerprint density at radius 3 is 2.33 bits per heavy atom. The first-order valence-corrected chi connectivity index (χ1v) is 10.4. The number of nitrogens with zero attached hydrogens (tertiary/aromatic N) is 3. The Morgan fingerprint density at radius 2 is 1.77 bits per heavy atom. The van der Waals surface area contributed by atoms with E-state index in [2.05, 4.69) is 14.9 Å². The van der Waals surface area contributed by atoms with Gasteiger partial charge < -0.3 is 16.2 Å². The number of aryl methyl sites for hydroxylation is 1. The molecule has 1 amide bonds. The predicted molar refractivity (Wildman–Crippen MR) is 112 cm³/mol. The molecule has 0 saturated carbocycles. The summed E-state index contributed by atoms with van der Waals surface area (Å²) in [6.45, 7) is -0.352. The summed E-state index contributed by atoms with van der Waals surface area (Å²) in [5, 5.41) is 12.0. The van der Waals surface area contributed by atoms with Gasteiger partial charge in [0.1, 0.15) is 6.42 Å². The summed E-state index contributed by atoms with van der Waals surface area (Å²) >= 11 is 0. The van der Waals surface area contributed by atoms with Crippen LogP contribution < -0.4 is 11.1 Å². The van der Waals surface area contributed by atoms with Crippen LogP contribution in [0.1, 0.15) is 23.2 Å². The number of imidazole rings is 1. The molecule has 3 aromatic rings. The Bertz CT molecular complexity index is 1420. The molecular formula is C21H16F9N5O4. The summed E-state index contributed by atoms with van der Waals surface area (Å²) in [4.78, 5) is 31.8. The zero-order chi connectivity index (χ0) is 29.6. The van der Waals surface area contributed by atoms with Crippen molar-refractivity contribution in [2.24, 2.45) is 0 Å². The van der Waals surface area contributed by atoms with Crippen LogP contribution in [0, 0.1) is 6.92 Å². The van der Waals surface area contributed by atoms with E-state index < -0.39 is 65.8 Å². The summed E-state index contributed by atoms with van der Waals surface area (Å²) in [5.74, 6) is -9.98. The number of fused-ring (bicyclic) bond motifs is 1. The molecule has 2 aromatic heterocycles. The number of halogens is 9. The Kier molecular flexibility index (Phi) is 7.48. The fourth-order valence-corrected chi connectivity index (χ4v) is 3.49. The van der Waals surface area contributed by atoms with Crippen LogP contribution in [0.5, 0.6) is 0 Å². The maximum absolute atomic E-state index is 14.0. The second kappa shape index (κ2) is 9.90. The smallest absolute Gasteiger partial charge is 0.381 e. The lowest BCUT2D eigenvalue weighted by Gasteiger charge is -2.32. The van der Waals surface area contributed by atoms with Crippen molar-refractivity contribution in [2.45, 2.75) is 37.2 Å². The molecule has 0 aliphatic heterocycles. The molecule has 1 unspecified atom stereocenters. The number of hydrogen-bond acceptors (Lipinski definition) is 7. The summed E-state index contributed by atoms with van der Waals surface area (Å²) < 4.78 is 121. The van der Waals surface area contributed by atoms with E-state index in [4.69, 9.17) is 5.73 Å². The molecule has 0 bridgehead atoms. The van der Waals surface area contributed by atoms with E-state index in [0.29, 0.717) is 6.20 Å². The maximum atomic E-state index is 14.0. The average molecular weight is 573 g/mol. The number of carbonyl (C=O) groups is 2. The van der Waals surface area contributed by atoms with Crippen molar-refractivity contribution in [1.82, 2.24) is 19.7 Å². The van der Waals surface area contributed by atoms with Gasteiger partial charge in [-0.05, 0) is 24.1 Å². The van der Waals surface area contributed by atoms with Gasteiger partial charge in [0, 0.05) is 16.3 Å². The highest BCUT2D eigenvalue weighted by Gasteiger charge is 2.55. The van der Waals surface area contributed by atoms with Gasteiger partial charge in [-0.15, -0.1) is 0 Å². The number of aliphatic hydroxyl groups is 1. The molecule has 4 N–H and O–H groups in total. The predicted octanol–water partition coefficient (Wildman–Crippen LogP) is 3.62. The molecule has 0 saturated heterocycles. The van der Waals surface area contributed by atoms with Gasteiger partial charge in [-0.3, -0.25) is 9.20 Å². The summed E-state index contributed by atoms with van der Waals surface area (Å²) in [6, 6.07) is 2.61. The number of hydrogen-bond donors (Lipinski definition) is 3. The van der Waals surface area contributed by atoms with Gasteiger partial charge in [0.05, 0.1) is 18.4 Å². The zero-order valence-electron chi connectivity index (χ0n) is 19.3. The van der Waals surface area contributed by atoms with Crippen molar-refractivity contribution in [1.29, 1.82) is 0 Å². The standard InChI is InChI=1S/C21H16F9N5O4/c1-9-2-3-10(18(38,21(27,28)29)8-33-14(36)5-19(22,23)17(37)39-30)4-11(9)12-6-32-16-15(31)34-13(7-35(12)16)20(24,25)26/h2-4,6-7,38H,5,8H2,1H3,(H2,31,34)(H,33,36). The number of carbonyl (C=O) groups excluding carboxylic acids is 2. The lowest BCUT2D eigenvalue weighted by Crippen LogP contribution is -2.51. The van der Waals surface area contributed by atoms with Gasteiger partial charge in [-0.2, -0.15) is 35.1 Å². The highest BCUT2D eigenvalue weighted by Crippen LogP contribution is 2.41. The number of rotatable bonds is 7. The molecule has 2 heterocycles. The Labute approximate surface area is 211 Å². The number of nitrogens with two attached hydrogens (primary N) is 1. The molecule has 0 aliphatic rings. The number of benzene rings is 1. The number of anilines is 1. The Balaban J connectivity index is 2.05. The molecule has 0 spiro atoms. The SMILES string of the molecule is Cc1ccc(C(O)(CNC(=O)CC(F)(F)C(=O)OF)C(F)(F)F)cc1-c1cnc2c(N)nc(C(F)(F)F)cn12. The number of aromatic nitrogens is 3. The van der Waals surface area contributed by atoms with E-state index in [1.165, 1.54) is 12.2 Å². The molecule has 1 aromatic carbocycles. The van der Waals surface area contributed by atoms with Crippen LogP contribution in [0.15, 0.2) is 30.6 Å². The van der Waals surface area contributed by atoms with Crippen LogP contribution in [0.3, 0.4) is 0 Å². The van der Waals surface area contributed by atoms with Gasteiger partial charge in [0.25, 0.3) is 0 Å². The fourth-order valence-electron chi connectivity index (χ4n) is 3.49. The van der Waals surface area contributed by atoms with Gasteiger partial charge in [-0.1, -0.05) is 12.1 Å². The maximum Gasteiger partial charge on any atom is 0.434 e. The van der Waals surface area contributed by atoms with Crippen LogP contribution in [-0.2, 0) is 26.3 Å². The van der Waals surface area contributed by atoms with Crippen LogP contribution in [0.4, 0.5) is 45.5 Å². The third-order valence-electron chi connectivity index (χ3n) is 5.56. The quantitative estimate of drug-likeness (QED) is 0.368. The molecule has 0 radical (unpaired) electrons. The topological polar surface area (TPSA) is 132 Å². The molecule has 9 nitrogen and oxygen atoms in total. The van der Waals surface area contributed by atoms with E-state index in [-0.39, 0.29) is 22.5 Å². The molecule has 0 fully saturated rings. The minimum atomic E-state index is -5.54. The van der Waals surface area contributed by atoms with Crippen LogP contribution in [-0.4, -0.2) is 50.0 Å². The Morgan fingerprint density at radius 1 is 1.13 bits per heavy atom. The Hall–Kier alpha value is -4.09. The second-order valence-electron chi connectivity index (χ2n) is 8.26. The normalized spacial score (nSPS) is 14.2. The van der Waals surface area contributed by atoms with E-state index in [1.54, 1.807) is 0 Å².